The first kappa shape index (κ1) is 65.0. The molecular weight excluding hydrogens is 840 g/mol. The molecule has 0 aromatic rings. The largest absolute Gasteiger partial charge is 0.756 e. The van der Waals surface area contributed by atoms with Crippen LogP contribution >= 0.6 is 7.82 Å². The van der Waals surface area contributed by atoms with Gasteiger partial charge in [-0.15, -0.1) is 0 Å². The fraction of sp³-hybridized carbons (Fsp3) is 0.912. The molecule has 0 aromatic heterocycles. The van der Waals surface area contributed by atoms with E-state index in [4.69, 9.17) is 9.05 Å². The molecule has 8 nitrogen and oxygen atoms in total. The molecule has 0 aliphatic heterocycles. The first-order chi connectivity index (χ1) is 32.0. The third kappa shape index (κ3) is 50.8. The minimum Gasteiger partial charge on any atom is -0.756 e. The Morgan fingerprint density at radius 2 is 0.833 bits per heavy atom. The van der Waals surface area contributed by atoms with Crippen molar-refractivity contribution in [2.24, 2.45) is 0 Å². The molecule has 0 aromatic carbocycles. The van der Waals surface area contributed by atoms with Crippen molar-refractivity contribution in [2.45, 2.75) is 296 Å². The molecule has 0 saturated carbocycles. The molecule has 0 fully saturated rings. The molecular formula is C57H113N2O6P. The molecule has 392 valence electrons. The number of amides is 1. The number of unbranched alkanes of at least 4 members (excludes halogenated alkanes) is 38. The Labute approximate surface area is 411 Å². The molecule has 0 heterocycles. The van der Waals surface area contributed by atoms with Crippen molar-refractivity contribution in [3.05, 3.63) is 24.3 Å². The maximum atomic E-state index is 13.0. The van der Waals surface area contributed by atoms with Gasteiger partial charge in [-0.1, -0.05) is 256 Å². The summed E-state index contributed by atoms with van der Waals surface area (Å²) in [7, 11) is 1.27. The van der Waals surface area contributed by atoms with E-state index in [9.17, 15) is 19.4 Å². The van der Waals surface area contributed by atoms with E-state index >= 15 is 0 Å². The number of quaternary nitrogens is 1. The first-order valence-electron chi connectivity index (χ1n) is 28.7. The van der Waals surface area contributed by atoms with E-state index in [1.807, 2.05) is 27.2 Å². The van der Waals surface area contributed by atoms with E-state index in [1.54, 1.807) is 6.08 Å². The summed E-state index contributed by atoms with van der Waals surface area (Å²) >= 11 is 0. The summed E-state index contributed by atoms with van der Waals surface area (Å²) in [4.78, 5) is 25.5. The van der Waals surface area contributed by atoms with E-state index < -0.39 is 20.0 Å². The van der Waals surface area contributed by atoms with Crippen LogP contribution in [0.15, 0.2) is 24.3 Å². The topological polar surface area (TPSA) is 108 Å². The van der Waals surface area contributed by atoms with Crippen LogP contribution in [0.5, 0.6) is 0 Å². The van der Waals surface area contributed by atoms with Crippen LogP contribution in [0.1, 0.15) is 284 Å². The van der Waals surface area contributed by atoms with Gasteiger partial charge in [0, 0.05) is 6.42 Å². The van der Waals surface area contributed by atoms with Gasteiger partial charge in [0.15, 0.2) is 0 Å². The fourth-order valence-electron chi connectivity index (χ4n) is 8.62. The zero-order valence-electron chi connectivity index (χ0n) is 44.7. The number of carbonyl (C=O) groups excluding carboxylic acids is 1. The van der Waals surface area contributed by atoms with Gasteiger partial charge in [-0.05, 0) is 44.9 Å². The molecule has 66 heavy (non-hydrogen) atoms. The number of rotatable bonds is 53. The van der Waals surface area contributed by atoms with E-state index in [1.165, 1.54) is 225 Å². The van der Waals surface area contributed by atoms with Crippen molar-refractivity contribution in [1.82, 2.24) is 5.32 Å². The lowest BCUT2D eigenvalue weighted by Gasteiger charge is -2.29. The Morgan fingerprint density at radius 1 is 0.515 bits per heavy atom. The molecule has 2 N–H and O–H groups in total. The molecule has 0 aliphatic rings. The second kappa shape index (κ2) is 49.0. The highest BCUT2D eigenvalue weighted by Gasteiger charge is 2.23. The normalized spacial score (nSPS) is 14.1. The van der Waals surface area contributed by atoms with Crippen LogP contribution in [-0.4, -0.2) is 68.5 Å². The van der Waals surface area contributed by atoms with E-state index in [2.05, 4.69) is 31.3 Å². The number of allylic oxidation sites excluding steroid dienone is 3. The Hall–Kier alpha value is -1.02. The summed E-state index contributed by atoms with van der Waals surface area (Å²) < 4.78 is 23.3. The standard InChI is InChI=1S/C57H113N2O6P/c1-6-8-10-12-14-16-18-20-22-24-25-26-27-28-29-30-31-32-33-35-37-39-41-43-45-47-49-51-57(61)58-55(54-65-66(62,63)64-53-52-59(3,4)5)56(60)50-48-46-44-42-40-38-36-34-23-21-19-17-15-13-11-9-7-2/h24-25,48,50,55-56,60H,6-23,26-47,49,51-54H2,1-5H3,(H-,58,61,62,63)/b25-24-,50-48+. The molecule has 0 aliphatic carbocycles. The maximum absolute atomic E-state index is 13.0. The van der Waals surface area contributed by atoms with Gasteiger partial charge in [0.05, 0.1) is 39.9 Å². The highest BCUT2D eigenvalue weighted by atomic mass is 31.2. The predicted molar refractivity (Wildman–Crippen MR) is 284 cm³/mol. The third-order valence-corrected chi connectivity index (χ3v) is 14.1. The van der Waals surface area contributed by atoms with Crippen LogP contribution in [0.4, 0.5) is 0 Å². The zero-order valence-corrected chi connectivity index (χ0v) is 45.6. The molecule has 1 amide bonds. The number of hydrogen-bond donors (Lipinski definition) is 2. The fourth-order valence-corrected chi connectivity index (χ4v) is 9.34. The van der Waals surface area contributed by atoms with Gasteiger partial charge < -0.3 is 28.8 Å². The molecule has 0 radical (unpaired) electrons. The molecule has 0 saturated heterocycles. The third-order valence-electron chi connectivity index (χ3n) is 13.2. The Bertz CT molecular complexity index is 1130. The van der Waals surface area contributed by atoms with Gasteiger partial charge in [0.2, 0.25) is 5.91 Å². The monoisotopic (exact) mass is 953 g/mol. The minimum absolute atomic E-state index is 0.00120. The molecule has 3 unspecified atom stereocenters. The van der Waals surface area contributed by atoms with Crippen LogP contribution in [0, 0.1) is 0 Å². The second-order valence-corrected chi connectivity index (χ2v) is 22.4. The summed E-state index contributed by atoms with van der Waals surface area (Å²) in [6.45, 7) is 4.68. The van der Waals surface area contributed by atoms with Crippen LogP contribution in [0.25, 0.3) is 0 Å². The number of hydrogen-bond acceptors (Lipinski definition) is 6. The zero-order chi connectivity index (χ0) is 48.5. The summed E-state index contributed by atoms with van der Waals surface area (Å²) in [5.41, 5.74) is 0. The molecule has 0 spiro atoms. The average Bonchev–Trinajstić information content (AvgIpc) is 3.28. The number of nitrogens with one attached hydrogen (secondary N) is 1. The molecule has 0 bridgehead atoms. The quantitative estimate of drug-likeness (QED) is 0.0272. The van der Waals surface area contributed by atoms with Gasteiger partial charge in [-0.25, -0.2) is 0 Å². The van der Waals surface area contributed by atoms with Crippen molar-refractivity contribution in [3.8, 4) is 0 Å². The van der Waals surface area contributed by atoms with Crippen LogP contribution in [-0.2, 0) is 18.4 Å². The van der Waals surface area contributed by atoms with E-state index in [-0.39, 0.29) is 19.1 Å². The van der Waals surface area contributed by atoms with Gasteiger partial charge >= 0.3 is 0 Å². The SMILES string of the molecule is CCCCCCCCCC/C=C\CCCCCCCCCCCCCCCCCC(=O)NC(COP(=O)([O-])OCC[N+](C)(C)C)C(O)/C=C/CCCCCCCCCCCCCCCCC. The Morgan fingerprint density at radius 3 is 1.18 bits per heavy atom. The van der Waals surface area contributed by atoms with Crippen LogP contribution < -0.4 is 10.2 Å². The Balaban J connectivity index is 4.14. The number of aliphatic hydroxyl groups is 1. The summed E-state index contributed by atoms with van der Waals surface area (Å²) in [6, 6.07) is -0.884. The summed E-state index contributed by atoms with van der Waals surface area (Å²) in [6.07, 6.45) is 61.1. The van der Waals surface area contributed by atoms with E-state index in [0.29, 0.717) is 17.4 Å². The number of likely N-dealkylation sites (N-methyl/N-ethyl adjacent to an activating group) is 1. The van der Waals surface area contributed by atoms with Crippen molar-refractivity contribution >= 4 is 13.7 Å². The number of carbonyl (C=O) groups is 1. The lowest BCUT2D eigenvalue weighted by molar-refractivity contribution is -0.870. The van der Waals surface area contributed by atoms with Gasteiger partial charge in [-0.2, -0.15) is 0 Å². The molecule has 0 rings (SSSR count). The van der Waals surface area contributed by atoms with Crippen molar-refractivity contribution in [1.29, 1.82) is 0 Å². The van der Waals surface area contributed by atoms with Crippen molar-refractivity contribution in [2.75, 3.05) is 40.9 Å². The van der Waals surface area contributed by atoms with Gasteiger partial charge in [0.1, 0.15) is 13.2 Å². The molecule has 3 atom stereocenters. The lowest BCUT2D eigenvalue weighted by Crippen LogP contribution is -2.45. The number of nitrogens with zero attached hydrogens (tertiary/aromatic N) is 1. The highest BCUT2D eigenvalue weighted by Crippen LogP contribution is 2.38. The van der Waals surface area contributed by atoms with Gasteiger partial charge in [-0.3, -0.25) is 9.36 Å². The minimum atomic E-state index is -4.59. The summed E-state index contributed by atoms with van der Waals surface area (Å²) in [5.74, 6) is -0.193. The van der Waals surface area contributed by atoms with Crippen LogP contribution in [0.2, 0.25) is 0 Å². The average molecular weight is 954 g/mol. The number of phosphoric acid groups is 1. The predicted octanol–water partition coefficient (Wildman–Crippen LogP) is 16.6. The lowest BCUT2D eigenvalue weighted by atomic mass is 10.0. The van der Waals surface area contributed by atoms with Crippen LogP contribution in [0.3, 0.4) is 0 Å². The smallest absolute Gasteiger partial charge is 0.268 e. The maximum Gasteiger partial charge on any atom is 0.268 e. The van der Waals surface area contributed by atoms with Crippen molar-refractivity contribution in [3.63, 3.8) is 0 Å². The number of aliphatic hydroxyl groups excluding tert-OH is 1. The molecule has 9 heteroatoms. The summed E-state index contributed by atoms with van der Waals surface area (Å²) in [5, 5.41) is 13.9. The van der Waals surface area contributed by atoms with E-state index in [0.717, 1.165) is 38.5 Å². The highest BCUT2D eigenvalue weighted by molar-refractivity contribution is 7.45. The first-order valence-corrected chi connectivity index (χ1v) is 30.2. The van der Waals surface area contributed by atoms with Crippen molar-refractivity contribution < 1.29 is 32.9 Å². The number of phosphoric ester groups is 1. The van der Waals surface area contributed by atoms with Gasteiger partial charge in [0.25, 0.3) is 7.82 Å². The second-order valence-electron chi connectivity index (χ2n) is 21.0. The Kier molecular flexibility index (Phi) is 48.2.